The van der Waals surface area contributed by atoms with Gasteiger partial charge in [-0.25, -0.2) is 4.68 Å². The van der Waals surface area contributed by atoms with E-state index in [1.54, 1.807) is 11.6 Å². The average molecular weight is 422 g/mol. The fourth-order valence-electron chi connectivity index (χ4n) is 3.74. The molecule has 0 bridgehead atoms. The number of benzene rings is 1. The highest BCUT2D eigenvalue weighted by Crippen LogP contribution is 2.23. The van der Waals surface area contributed by atoms with Crippen LogP contribution in [0.2, 0.25) is 0 Å². The Morgan fingerprint density at radius 1 is 1.13 bits per heavy atom. The van der Waals surface area contributed by atoms with Crippen molar-refractivity contribution in [3.63, 3.8) is 0 Å². The maximum Gasteiger partial charge on any atom is 0.275 e. The number of hydrogen-bond donors (Lipinski definition) is 1. The molecule has 162 valence electrons. The highest BCUT2D eigenvalue weighted by atomic mass is 16.5. The van der Waals surface area contributed by atoms with Gasteiger partial charge in [0.2, 0.25) is 5.43 Å². The topological polar surface area (TPSA) is 89.6 Å². The van der Waals surface area contributed by atoms with E-state index in [4.69, 9.17) is 9.15 Å². The summed E-state index contributed by atoms with van der Waals surface area (Å²) in [5, 5.41) is 7.23. The molecule has 2 aromatic heterocycles. The number of amides is 1. The van der Waals surface area contributed by atoms with Crippen molar-refractivity contribution in [2.45, 2.75) is 19.9 Å². The van der Waals surface area contributed by atoms with Crippen LogP contribution in [0.5, 0.6) is 0 Å². The summed E-state index contributed by atoms with van der Waals surface area (Å²) in [6.07, 6.45) is 0. The lowest BCUT2D eigenvalue weighted by Crippen LogP contribution is -2.44. The maximum atomic E-state index is 12.9. The molecule has 31 heavy (non-hydrogen) atoms. The molecule has 0 spiro atoms. The number of morpholine rings is 1. The Bertz CT molecular complexity index is 1100. The molecule has 1 atom stereocenters. The number of aryl methyl sites for hydroxylation is 2. The molecule has 3 heterocycles. The van der Waals surface area contributed by atoms with Crippen molar-refractivity contribution in [1.82, 2.24) is 20.0 Å². The number of carbonyl (C=O) groups is 1. The highest BCUT2D eigenvalue weighted by Gasteiger charge is 2.26. The quantitative estimate of drug-likeness (QED) is 0.655. The first-order valence-electron chi connectivity index (χ1n) is 10.4. The second-order valence-electron chi connectivity index (χ2n) is 7.57. The van der Waals surface area contributed by atoms with Crippen molar-refractivity contribution < 1.29 is 13.9 Å². The zero-order valence-corrected chi connectivity index (χ0v) is 17.7. The summed E-state index contributed by atoms with van der Waals surface area (Å²) < 4.78 is 12.9. The van der Waals surface area contributed by atoms with Crippen LogP contribution in [0.1, 0.15) is 33.7 Å². The van der Waals surface area contributed by atoms with Crippen molar-refractivity contribution in [2.24, 2.45) is 0 Å². The number of aromatic nitrogens is 2. The van der Waals surface area contributed by atoms with Gasteiger partial charge in [0, 0.05) is 31.4 Å². The number of nitrogens with one attached hydrogen (secondary N) is 1. The molecule has 1 aliphatic rings. The van der Waals surface area contributed by atoms with Crippen LogP contribution in [-0.4, -0.2) is 53.4 Å². The van der Waals surface area contributed by atoms with Crippen LogP contribution in [-0.2, 0) is 4.74 Å². The molecule has 8 heteroatoms. The third kappa shape index (κ3) is 4.76. The Morgan fingerprint density at radius 2 is 1.87 bits per heavy atom. The molecule has 0 radical (unpaired) electrons. The summed E-state index contributed by atoms with van der Waals surface area (Å²) >= 11 is 0. The Kier molecular flexibility index (Phi) is 6.29. The molecule has 0 aliphatic carbocycles. The smallest absolute Gasteiger partial charge is 0.275 e. The Hall–Kier alpha value is -3.23. The number of para-hydroxylation sites is 1. The monoisotopic (exact) mass is 422 g/mol. The van der Waals surface area contributed by atoms with E-state index < -0.39 is 11.3 Å². The van der Waals surface area contributed by atoms with Crippen LogP contribution in [0, 0.1) is 13.8 Å². The van der Waals surface area contributed by atoms with Gasteiger partial charge >= 0.3 is 0 Å². The molecular formula is C23H26N4O4. The fourth-order valence-corrected chi connectivity index (χ4v) is 3.74. The van der Waals surface area contributed by atoms with E-state index in [0.29, 0.717) is 25.5 Å². The van der Waals surface area contributed by atoms with E-state index in [1.807, 2.05) is 49.4 Å². The van der Waals surface area contributed by atoms with Gasteiger partial charge in [0.15, 0.2) is 5.69 Å². The van der Waals surface area contributed by atoms with Gasteiger partial charge in [0.25, 0.3) is 5.91 Å². The summed E-state index contributed by atoms with van der Waals surface area (Å²) in [4.78, 5) is 27.6. The molecule has 0 saturated carbocycles. The summed E-state index contributed by atoms with van der Waals surface area (Å²) in [6, 6.07) is 14.5. The van der Waals surface area contributed by atoms with E-state index >= 15 is 0 Å². The zero-order chi connectivity index (χ0) is 21.8. The van der Waals surface area contributed by atoms with Crippen molar-refractivity contribution in [1.29, 1.82) is 0 Å². The van der Waals surface area contributed by atoms with Gasteiger partial charge in [0.05, 0.1) is 24.9 Å². The minimum absolute atomic E-state index is 0.134. The van der Waals surface area contributed by atoms with E-state index in [2.05, 4.69) is 15.3 Å². The number of carbonyl (C=O) groups excluding carboxylic acids is 1. The fraction of sp³-hybridized carbons (Fsp3) is 0.348. The number of ether oxygens (including phenoxy) is 1. The largest absolute Gasteiger partial charge is 0.465 e. The van der Waals surface area contributed by atoms with Crippen LogP contribution in [0.3, 0.4) is 0 Å². The van der Waals surface area contributed by atoms with Crippen LogP contribution < -0.4 is 10.7 Å². The first kappa shape index (κ1) is 21.0. The third-order valence-electron chi connectivity index (χ3n) is 5.36. The number of rotatable bonds is 6. The van der Waals surface area contributed by atoms with Gasteiger partial charge in [-0.1, -0.05) is 18.2 Å². The Morgan fingerprint density at radius 3 is 2.55 bits per heavy atom. The number of nitrogens with zero attached hydrogens (tertiary/aromatic N) is 3. The zero-order valence-electron chi connectivity index (χ0n) is 17.7. The Balaban J connectivity index is 1.56. The van der Waals surface area contributed by atoms with Crippen molar-refractivity contribution in [3.05, 3.63) is 81.7 Å². The number of hydrogen-bond acceptors (Lipinski definition) is 6. The predicted molar refractivity (Wildman–Crippen MR) is 115 cm³/mol. The lowest BCUT2D eigenvalue weighted by atomic mass is 10.1. The van der Waals surface area contributed by atoms with Gasteiger partial charge in [-0.05, 0) is 38.1 Å². The Labute approximate surface area is 180 Å². The highest BCUT2D eigenvalue weighted by molar-refractivity contribution is 5.92. The van der Waals surface area contributed by atoms with Gasteiger partial charge in [0.1, 0.15) is 11.5 Å². The first-order valence-corrected chi connectivity index (χ1v) is 10.4. The standard InChI is InChI=1S/C23H26N4O4/c1-16-14-20(28)22(25-27(16)18-6-4-3-5-7-18)23(29)24-15-19(21-9-8-17(2)31-21)26-10-12-30-13-11-26/h3-9,14,19H,10-13,15H2,1-2H3,(H,24,29). The molecule has 4 rings (SSSR count). The summed E-state index contributed by atoms with van der Waals surface area (Å²) in [5.74, 6) is 1.08. The van der Waals surface area contributed by atoms with Crippen molar-refractivity contribution in [2.75, 3.05) is 32.8 Å². The normalized spacial score (nSPS) is 15.5. The molecule has 1 N–H and O–H groups in total. The van der Waals surface area contributed by atoms with Crippen LogP contribution in [0.15, 0.2) is 57.7 Å². The molecule has 8 nitrogen and oxygen atoms in total. The third-order valence-corrected chi connectivity index (χ3v) is 5.36. The summed E-state index contributed by atoms with van der Waals surface area (Å²) in [6.45, 7) is 6.72. The van der Waals surface area contributed by atoms with E-state index in [-0.39, 0.29) is 11.7 Å². The van der Waals surface area contributed by atoms with Crippen molar-refractivity contribution in [3.8, 4) is 5.69 Å². The van der Waals surface area contributed by atoms with Gasteiger partial charge in [-0.2, -0.15) is 5.10 Å². The summed E-state index contributed by atoms with van der Waals surface area (Å²) in [5.41, 5.74) is 0.904. The lowest BCUT2D eigenvalue weighted by Gasteiger charge is -2.33. The van der Waals surface area contributed by atoms with E-state index in [0.717, 1.165) is 30.3 Å². The van der Waals surface area contributed by atoms with Gasteiger partial charge < -0.3 is 14.5 Å². The first-order chi connectivity index (χ1) is 15.0. The molecule has 3 aromatic rings. The van der Waals surface area contributed by atoms with Gasteiger partial charge in [-0.15, -0.1) is 0 Å². The van der Waals surface area contributed by atoms with E-state index in [9.17, 15) is 9.59 Å². The predicted octanol–water partition coefficient (Wildman–Crippen LogP) is 2.25. The van der Waals surface area contributed by atoms with Crippen LogP contribution in [0.4, 0.5) is 0 Å². The molecule has 1 fully saturated rings. The van der Waals surface area contributed by atoms with Crippen LogP contribution >= 0.6 is 0 Å². The van der Waals surface area contributed by atoms with Crippen molar-refractivity contribution >= 4 is 5.91 Å². The van der Waals surface area contributed by atoms with E-state index in [1.165, 1.54) is 6.07 Å². The summed E-state index contributed by atoms with van der Waals surface area (Å²) in [7, 11) is 0. The van der Waals surface area contributed by atoms with Crippen LogP contribution in [0.25, 0.3) is 5.69 Å². The maximum absolute atomic E-state index is 12.9. The molecule has 1 unspecified atom stereocenters. The molecule has 1 amide bonds. The molecular weight excluding hydrogens is 396 g/mol. The SMILES string of the molecule is Cc1ccc(C(CNC(=O)c2nn(-c3ccccc3)c(C)cc2=O)N2CCOCC2)o1. The second-order valence-corrected chi connectivity index (χ2v) is 7.57. The minimum Gasteiger partial charge on any atom is -0.465 e. The molecule has 1 aromatic carbocycles. The average Bonchev–Trinajstić information content (AvgIpc) is 3.21. The molecule has 1 saturated heterocycles. The lowest BCUT2D eigenvalue weighted by molar-refractivity contribution is 0.0116. The minimum atomic E-state index is -0.504. The van der Waals surface area contributed by atoms with Gasteiger partial charge in [-0.3, -0.25) is 14.5 Å². The second kappa shape index (κ2) is 9.28. The number of furan rings is 1. The molecule has 1 aliphatic heterocycles.